The minimum absolute atomic E-state index is 0.200. The molecule has 0 saturated carbocycles. The third kappa shape index (κ3) is 2.93. The number of aromatic carboxylic acids is 1. The van der Waals surface area contributed by atoms with Crippen LogP contribution in [0, 0.1) is 0 Å². The standard InChI is InChI=1S/C23H16N4O3/c28-22-19(14-6-2-1-3-7-14)26-27-20(15-10-12-16(13-11-15)23(29)30)24-18-9-5-4-8-17(18)21(27)25-22/h1-13,20,24H,(H,29,30)/t20-/m1/s1. The van der Waals surface area contributed by atoms with Crippen LogP contribution >= 0.6 is 0 Å². The lowest BCUT2D eigenvalue weighted by Gasteiger charge is -2.30. The van der Waals surface area contributed by atoms with Crippen LogP contribution in [0.15, 0.2) is 83.7 Å². The monoisotopic (exact) mass is 396 g/mol. The van der Waals surface area contributed by atoms with Gasteiger partial charge in [0, 0.05) is 16.8 Å². The predicted octanol–water partition coefficient (Wildman–Crippen LogP) is 3.64. The smallest absolute Gasteiger partial charge is 0.335 e. The van der Waals surface area contributed by atoms with Gasteiger partial charge in [-0.15, -0.1) is 0 Å². The van der Waals surface area contributed by atoms with Crippen molar-refractivity contribution in [1.82, 2.24) is 14.8 Å². The van der Waals surface area contributed by atoms with Crippen molar-refractivity contribution in [1.29, 1.82) is 0 Å². The number of hydrogen-bond donors (Lipinski definition) is 2. The maximum absolute atomic E-state index is 12.8. The molecule has 1 aliphatic heterocycles. The molecule has 1 aromatic heterocycles. The molecule has 0 spiro atoms. The van der Waals surface area contributed by atoms with Gasteiger partial charge in [0.25, 0.3) is 5.56 Å². The summed E-state index contributed by atoms with van der Waals surface area (Å²) >= 11 is 0. The van der Waals surface area contributed by atoms with Gasteiger partial charge in [-0.25, -0.2) is 9.48 Å². The molecular formula is C23H16N4O3. The number of rotatable bonds is 3. The highest BCUT2D eigenvalue weighted by atomic mass is 16.4. The molecule has 2 N–H and O–H groups in total. The van der Waals surface area contributed by atoms with Crippen LogP contribution in [0.4, 0.5) is 5.69 Å². The Kier molecular flexibility index (Phi) is 4.14. The van der Waals surface area contributed by atoms with Gasteiger partial charge in [0.2, 0.25) is 0 Å². The van der Waals surface area contributed by atoms with Gasteiger partial charge in [-0.1, -0.05) is 54.6 Å². The first kappa shape index (κ1) is 17.8. The molecule has 7 nitrogen and oxygen atoms in total. The van der Waals surface area contributed by atoms with E-state index in [1.165, 1.54) is 0 Å². The summed E-state index contributed by atoms with van der Waals surface area (Å²) in [6.07, 6.45) is -0.451. The Balaban J connectivity index is 1.72. The molecule has 3 aromatic carbocycles. The predicted molar refractivity (Wildman–Crippen MR) is 112 cm³/mol. The molecular weight excluding hydrogens is 380 g/mol. The minimum Gasteiger partial charge on any atom is -0.478 e. The number of para-hydroxylation sites is 1. The number of nitrogens with zero attached hydrogens (tertiary/aromatic N) is 3. The largest absolute Gasteiger partial charge is 0.478 e. The Labute approximate surface area is 171 Å². The van der Waals surface area contributed by atoms with Crippen molar-refractivity contribution in [3.63, 3.8) is 0 Å². The van der Waals surface area contributed by atoms with Gasteiger partial charge in [0.05, 0.1) is 5.56 Å². The molecule has 0 fully saturated rings. The zero-order valence-electron chi connectivity index (χ0n) is 15.7. The molecule has 0 radical (unpaired) electrons. The second kappa shape index (κ2) is 6.97. The van der Waals surface area contributed by atoms with E-state index in [0.717, 1.165) is 16.8 Å². The summed E-state index contributed by atoms with van der Waals surface area (Å²) in [5, 5.41) is 17.3. The zero-order valence-corrected chi connectivity index (χ0v) is 15.7. The van der Waals surface area contributed by atoms with Crippen LogP contribution in [0.1, 0.15) is 22.1 Å². The highest BCUT2D eigenvalue weighted by molar-refractivity contribution is 5.87. The summed E-state index contributed by atoms with van der Waals surface area (Å²) in [5.41, 5.74) is 3.14. The first-order valence-electron chi connectivity index (χ1n) is 9.37. The quantitative estimate of drug-likeness (QED) is 0.549. The van der Waals surface area contributed by atoms with Crippen LogP contribution in [-0.2, 0) is 0 Å². The number of carbonyl (C=O) groups is 1. The minimum atomic E-state index is -0.987. The highest BCUT2D eigenvalue weighted by Gasteiger charge is 2.28. The van der Waals surface area contributed by atoms with Gasteiger partial charge in [-0.3, -0.25) is 4.79 Å². The number of fused-ring (bicyclic) bond motifs is 3. The lowest BCUT2D eigenvalue weighted by molar-refractivity contribution is 0.0697. The molecule has 1 aliphatic rings. The molecule has 2 heterocycles. The summed E-state index contributed by atoms with van der Waals surface area (Å²) in [5.74, 6) is -0.528. The molecule has 146 valence electrons. The second-order valence-electron chi connectivity index (χ2n) is 6.92. The molecule has 4 aromatic rings. The number of hydrogen-bond acceptors (Lipinski definition) is 5. The third-order valence-electron chi connectivity index (χ3n) is 5.06. The first-order valence-corrected chi connectivity index (χ1v) is 9.37. The molecule has 0 bridgehead atoms. The summed E-state index contributed by atoms with van der Waals surface area (Å²) in [4.78, 5) is 28.4. The van der Waals surface area contributed by atoms with E-state index in [0.29, 0.717) is 11.4 Å². The van der Waals surface area contributed by atoms with E-state index < -0.39 is 17.7 Å². The Hall–Kier alpha value is -4.26. The van der Waals surface area contributed by atoms with E-state index in [1.807, 2.05) is 54.6 Å². The number of anilines is 1. The summed E-state index contributed by atoms with van der Waals surface area (Å²) in [6, 6.07) is 23.3. The number of benzene rings is 3. The van der Waals surface area contributed by atoms with Gasteiger partial charge in [-0.05, 0) is 29.8 Å². The number of carboxylic acid groups (broad SMARTS) is 1. The van der Waals surface area contributed by atoms with Crippen molar-refractivity contribution < 1.29 is 9.90 Å². The van der Waals surface area contributed by atoms with E-state index in [4.69, 9.17) is 0 Å². The van der Waals surface area contributed by atoms with Gasteiger partial charge in [0.1, 0.15) is 6.17 Å². The average molecular weight is 396 g/mol. The van der Waals surface area contributed by atoms with Crippen LogP contribution in [-0.4, -0.2) is 25.8 Å². The normalized spacial score (nSPS) is 14.3. The van der Waals surface area contributed by atoms with Gasteiger partial charge >= 0.3 is 5.97 Å². The summed E-state index contributed by atoms with van der Waals surface area (Å²) < 4.78 is 1.68. The van der Waals surface area contributed by atoms with Gasteiger partial charge in [0.15, 0.2) is 11.5 Å². The molecule has 1 atom stereocenters. The molecule has 0 unspecified atom stereocenters. The molecule has 7 heteroatoms. The van der Waals surface area contributed by atoms with Crippen LogP contribution in [0.3, 0.4) is 0 Å². The topological polar surface area (TPSA) is 97.1 Å². The molecule has 0 aliphatic carbocycles. The fraction of sp³-hybridized carbons (Fsp3) is 0.0435. The Morgan fingerprint density at radius 2 is 1.63 bits per heavy atom. The van der Waals surface area contributed by atoms with E-state index in [-0.39, 0.29) is 11.3 Å². The Morgan fingerprint density at radius 1 is 0.933 bits per heavy atom. The van der Waals surface area contributed by atoms with E-state index in [1.54, 1.807) is 28.9 Å². The lowest BCUT2D eigenvalue weighted by Crippen LogP contribution is -2.32. The van der Waals surface area contributed by atoms with Crippen molar-refractivity contribution in [2.75, 3.05) is 5.32 Å². The number of nitrogens with one attached hydrogen (secondary N) is 1. The number of carboxylic acids is 1. The summed E-state index contributed by atoms with van der Waals surface area (Å²) in [7, 11) is 0. The van der Waals surface area contributed by atoms with Crippen LogP contribution in [0.25, 0.3) is 22.6 Å². The van der Waals surface area contributed by atoms with Crippen molar-refractivity contribution >= 4 is 11.7 Å². The van der Waals surface area contributed by atoms with Crippen molar-refractivity contribution in [3.05, 3.63) is 100 Å². The second-order valence-corrected chi connectivity index (χ2v) is 6.92. The van der Waals surface area contributed by atoms with E-state index in [2.05, 4.69) is 15.4 Å². The third-order valence-corrected chi connectivity index (χ3v) is 5.06. The maximum Gasteiger partial charge on any atom is 0.335 e. The first-order chi connectivity index (χ1) is 14.6. The summed E-state index contributed by atoms with van der Waals surface area (Å²) in [6.45, 7) is 0. The molecule has 30 heavy (non-hydrogen) atoms. The van der Waals surface area contributed by atoms with E-state index >= 15 is 0 Å². The van der Waals surface area contributed by atoms with Crippen LogP contribution in [0.2, 0.25) is 0 Å². The van der Waals surface area contributed by atoms with Crippen molar-refractivity contribution in [3.8, 4) is 22.6 Å². The highest BCUT2D eigenvalue weighted by Crippen LogP contribution is 2.36. The zero-order chi connectivity index (χ0) is 20.7. The SMILES string of the molecule is O=C(O)c1ccc([C@@H]2Nc3ccccc3-c3nc(=O)c(-c4ccccc4)nn32)cc1. The Bertz CT molecular complexity index is 1310. The van der Waals surface area contributed by atoms with Crippen molar-refractivity contribution in [2.45, 2.75) is 6.17 Å². The van der Waals surface area contributed by atoms with Crippen LogP contribution in [0.5, 0.6) is 0 Å². The van der Waals surface area contributed by atoms with Gasteiger partial charge in [-0.2, -0.15) is 10.1 Å². The van der Waals surface area contributed by atoms with Crippen molar-refractivity contribution in [2.24, 2.45) is 0 Å². The molecule has 0 amide bonds. The van der Waals surface area contributed by atoms with Crippen LogP contribution < -0.4 is 10.9 Å². The number of aromatic nitrogens is 3. The fourth-order valence-electron chi connectivity index (χ4n) is 3.58. The Morgan fingerprint density at radius 3 is 2.37 bits per heavy atom. The lowest BCUT2D eigenvalue weighted by atomic mass is 10.0. The van der Waals surface area contributed by atoms with E-state index in [9.17, 15) is 14.7 Å². The fourth-order valence-corrected chi connectivity index (χ4v) is 3.58. The molecule has 0 saturated heterocycles. The molecule has 5 rings (SSSR count). The average Bonchev–Trinajstić information content (AvgIpc) is 2.79. The maximum atomic E-state index is 12.8. The van der Waals surface area contributed by atoms with Gasteiger partial charge < -0.3 is 10.4 Å².